The monoisotopic (exact) mass is 297 g/mol. The van der Waals surface area contributed by atoms with Crippen LogP contribution in [0, 0.1) is 17.5 Å². The average molecular weight is 297 g/mol. The second kappa shape index (κ2) is 6.30. The Morgan fingerprint density at radius 2 is 1.81 bits per heavy atom. The molecule has 2 aromatic rings. The Labute approximate surface area is 121 Å². The van der Waals surface area contributed by atoms with Crippen molar-refractivity contribution in [2.75, 3.05) is 7.05 Å². The van der Waals surface area contributed by atoms with Crippen LogP contribution in [0.15, 0.2) is 24.4 Å². The van der Waals surface area contributed by atoms with Gasteiger partial charge in [-0.1, -0.05) is 0 Å². The van der Waals surface area contributed by atoms with Crippen molar-refractivity contribution in [3.63, 3.8) is 0 Å². The van der Waals surface area contributed by atoms with Gasteiger partial charge in [0.05, 0.1) is 5.69 Å². The lowest BCUT2D eigenvalue weighted by atomic mass is 10.0. The van der Waals surface area contributed by atoms with E-state index in [9.17, 15) is 13.2 Å². The molecule has 0 aliphatic carbocycles. The quantitative estimate of drug-likeness (QED) is 0.857. The predicted octanol–water partition coefficient (Wildman–Crippen LogP) is 3.38. The van der Waals surface area contributed by atoms with Crippen LogP contribution in [-0.4, -0.2) is 16.8 Å². The number of aromatic nitrogens is 2. The van der Waals surface area contributed by atoms with E-state index in [0.717, 1.165) is 17.8 Å². The molecule has 6 heteroatoms. The summed E-state index contributed by atoms with van der Waals surface area (Å²) < 4.78 is 41.5. The number of rotatable bonds is 5. The number of benzene rings is 1. The van der Waals surface area contributed by atoms with Crippen molar-refractivity contribution < 1.29 is 13.2 Å². The summed E-state index contributed by atoms with van der Waals surface area (Å²) >= 11 is 0. The van der Waals surface area contributed by atoms with E-state index in [-0.39, 0.29) is 12.1 Å². The molecule has 1 N–H and O–H groups in total. The van der Waals surface area contributed by atoms with Crippen LogP contribution in [0.1, 0.15) is 37.2 Å². The van der Waals surface area contributed by atoms with Gasteiger partial charge in [0.25, 0.3) is 0 Å². The van der Waals surface area contributed by atoms with Gasteiger partial charge in [-0.2, -0.15) is 5.10 Å². The number of nitrogens with zero attached hydrogens (tertiary/aromatic N) is 2. The summed E-state index contributed by atoms with van der Waals surface area (Å²) in [7, 11) is 1.68. The fraction of sp³-hybridized carbons (Fsp3) is 0.400. The number of hydrogen-bond acceptors (Lipinski definition) is 2. The molecule has 0 spiro atoms. The van der Waals surface area contributed by atoms with Gasteiger partial charge in [-0.15, -0.1) is 0 Å². The summed E-state index contributed by atoms with van der Waals surface area (Å²) in [6, 6.07) is 3.79. The topological polar surface area (TPSA) is 29.9 Å². The first-order valence-corrected chi connectivity index (χ1v) is 6.78. The van der Waals surface area contributed by atoms with Gasteiger partial charge in [-0.25, -0.2) is 13.2 Å². The van der Waals surface area contributed by atoms with E-state index in [1.54, 1.807) is 7.05 Å². The molecule has 21 heavy (non-hydrogen) atoms. The van der Waals surface area contributed by atoms with Crippen LogP contribution in [0.3, 0.4) is 0 Å². The highest BCUT2D eigenvalue weighted by molar-refractivity contribution is 5.24. The van der Waals surface area contributed by atoms with Gasteiger partial charge < -0.3 is 5.32 Å². The summed E-state index contributed by atoms with van der Waals surface area (Å²) in [4.78, 5) is 0. The lowest BCUT2D eigenvalue weighted by molar-refractivity contribution is 0.440. The van der Waals surface area contributed by atoms with Crippen LogP contribution < -0.4 is 5.32 Å². The molecule has 0 saturated carbocycles. The van der Waals surface area contributed by atoms with Gasteiger partial charge in [-0.05, 0) is 44.7 Å². The van der Waals surface area contributed by atoms with Gasteiger partial charge in [0, 0.05) is 24.7 Å². The van der Waals surface area contributed by atoms with Crippen LogP contribution in [-0.2, 0) is 6.42 Å². The fourth-order valence-electron chi connectivity index (χ4n) is 2.15. The summed E-state index contributed by atoms with van der Waals surface area (Å²) in [5.74, 6) is -3.81. The van der Waals surface area contributed by atoms with Crippen molar-refractivity contribution in [2.45, 2.75) is 32.4 Å². The predicted molar refractivity (Wildman–Crippen MR) is 74.4 cm³/mol. The highest BCUT2D eigenvalue weighted by Crippen LogP contribution is 2.22. The number of likely N-dealkylation sites (N-methyl/N-ethyl adjacent to an activating group) is 1. The molecule has 1 atom stereocenters. The van der Waals surface area contributed by atoms with Gasteiger partial charge in [0.1, 0.15) is 0 Å². The molecule has 1 unspecified atom stereocenters. The standard InChI is InChI=1S/C15H18F3N3/c1-9(2)21-5-4-11(20-21)8-14(19-3)10-6-12(16)15(18)13(17)7-10/h4-7,9,14,19H,8H2,1-3H3. The third-order valence-corrected chi connectivity index (χ3v) is 3.36. The summed E-state index contributed by atoms with van der Waals surface area (Å²) in [5, 5.41) is 7.37. The van der Waals surface area contributed by atoms with Crippen molar-refractivity contribution in [3.8, 4) is 0 Å². The third kappa shape index (κ3) is 3.44. The van der Waals surface area contributed by atoms with E-state index in [2.05, 4.69) is 10.4 Å². The first-order chi connectivity index (χ1) is 9.92. The molecule has 2 rings (SSSR count). The van der Waals surface area contributed by atoms with Crippen LogP contribution in [0.2, 0.25) is 0 Å². The molecule has 3 nitrogen and oxygen atoms in total. The van der Waals surface area contributed by atoms with Crippen LogP contribution in [0.5, 0.6) is 0 Å². The zero-order valence-corrected chi connectivity index (χ0v) is 12.2. The highest BCUT2D eigenvalue weighted by Gasteiger charge is 2.17. The molecule has 114 valence electrons. The Morgan fingerprint density at radius 1 is 1.19 bits per heavy atom. The molecule has 0 fully saturated rings. The normalized spacial score (nSPS) is 12.9. The molecule has 0 aliphatic rings. The Morgan fingerprint density at radius 3 is 2.29 bits per heavy atom. The smallest absolute Gasteiger partial charge is 0.194 e. The zero-order chi connectivity index (χ0) is 15.6. The first-order valence-electron chi connectivity index (χ1n) is 6.78. The SMILES string of the molecule is CNC(Cc1ccn(C(C)C)n1)c1cc(F)c(F)c(F)c1. The molecule has 0 aliphatic heterocycles. The largest absolute Gasteiger partial charge is 0.313 e. The van der Waals surface area contributed by atoms with Crippen molar-refractivity contribution in [2.24, 2.45) is 0 Å². The van der Waals surface area contributed by atoms with Crippen molar-refractivity contribution in [1.29, 1.82) is 0 Å². The van der Waals surface area contributed by atoms with Gasteiger partial charge in [0.15, 0.2) is 17.5 Å². The van der Waals surface area contributed by atoms with E-state index in [4.69, 9.17) is 0 Å². The number of nitrogens with one attached hydrogen (secondary N) is 1. The molecule has 1 aromatic carbocycles. The molecule has 0 amide bonds. The second-order valence-electron chi connectivity index (χ2n) is 5.22. The lowest BCUT2D eigenvalue weighted by Gasteiger charge is -2.16. The fourth-order valence-corrected chi connectivity index (χ4v) is 2.15. The minimum Gasteiger partial charge on any atom is -0.313 e. The van der Waals surface area contributed by atoms with E-state index < -0.39 is 17.5 Å². The highest BCUT2D eigenvalue weighted by atomic mass is 19.2. The zero-order valence-electron chi connectivity index (χ0n) is 12.2. The molecule has 0 radical (unpaired) electrons. The Hall–Kier alpha value is -1.82. The maximum absolute atomic E-state index is 13.3. The van der Waals surface area contributed by atoms with Crippen molar-refractivity contribution in [1.82, 2.24) is 15.1 Å². The van der Waals surface area contributed by atoms with E-state index in [1.165, 1.54) is 0 Å². The van der Waals surface area contributed by atoms with Gasteiger partial charge in [-0.3, -0.25) is 4.68 Å². The molecule has 0 bridgehead atoms. The minimum atomic E-state index is -1.45. The lowest BCUT2D eigenvalue weighted by Crippen LogP contribution is -2.20. The van der Waals surface area contributed by atoms with Crippen LogP contribution in [0.25, 0.3) is 0 Å². The number of halogens is 3. The Kier molecular flexibility index (Phi) is 4.67. The van der Waals surface area contributed by atoms with E-state index in [0.29, 0.717) is 12.0 Å². The van der Waals surface area contributed by atoms with Crippen LogP contribution >= 0.6 is 0 Å². The molecule has 1 aromatic heterocycles. The molecule has 0 saturated heterocycles. The van der Waals surface area contributed by atoms with Crippen LogP contribution in [0.4, 0.5) is 13.2 Å². The van der Waals surface area contributed by atoms with Crippen molar-refractivity contribution in [3.05, 3.63) is 53.1 Å². The third-order valence-electron chi connectivity index (χ3n) is 3.36. The van der Waals surface area contributed by atoms with E-state index >= 15 is 0 Å². The summed E-state index contributed by atoms with van der Waals surface area (Å²) in [6.07, 6.45) is 2.32. The van der Waals surface area contributed by atoms with Gasteiger partial charge >= 0.3 is 0 Å². The summed E-state index contributed by atoms with van der Waals surface area (Å²) in [6.45, 7) is 4.02. The van der Waals surface area contributed by atoms with E-state index in [1.807, 2.05) is 30.8 Å². The number of hydrogen-bond donors (Lipinski definition) is 1. The maximum Gasteiger partial charge on any atom is 0.194 e. The second-order valence-corrected chi connectivity index (χ2v) is 5.22. The molecular formula is C15H18F3N3. The Bertz CT molecular complexity index is 599. The Balaban J connectivity index is 2.23. The average Bonchev–Trinajstić information content (AvgIpc) is 2.90. The minimum absolute atomic E-state index is 0.243. The first kappa shape index (κ1) is 15.6. The maximum atomic E-state index is 13.3. The molecule has 1 heterocycles. The molecular weight excluding hydrogens is 279 g/mol. The van der Waals surface area contributed by atoms with Crippen molar-refractivity contribution >= 4 is 0 Å². The van der Waals surface area contributed by atoms with Gasteiger partial charge in [0.2, 0.25) is 0 Å². The summed E-state index contributed by atoms with van der Waals surface area (Å²) in [5.41, 5.74) is 1.15.